The molecule has 0 aliphatic rings. The van der Waals surface area contributed by atoms with Crippen LogP contribution in [0.15, 0.2) is 57.7 Å². The Kier molecular flexibility index (Phi) is 3.16. The van der Waals surface area contributed by atoms with Crippen LogP contribution in [0.3, 0.4) is 0 Å². The summed E-state index contributed by atoms with van der Waals surface area (Å²) >= 11 is 0. The number of oxazole rings is 1. The maximum absolute atomic E-state index is 11.7. The summed E-state index contributed by atoms with van der Waals surface area (Å²) in [6.45, 7) is 0.813. The first-order chi connectivity index (χ1) is 9.74. The monoisotopic (exact) mass is 270 g/mol. The Labute approximate surface area is 115 Å². The SMILES string of the molecule is Nc1ccc(OCCn2c(=O)oc3ccccc32)cc1. The molecule has 0 radical (unpaired) electrons. The molecule has 0 fully saturated rings. The molecule has 0 aliphatic heterocycles. The first-order valence-corrected chi connectivity index (χ1v) is 6.31. The largest absolute Gasteiger partial charge is 0.492 e. The molecule has 1 aromatic heterocycles. The molecule has 0 atom stereocenters. The predicted molar refractivity (Wildman–Crippen MR) is 76.8 cm³/mol. The van der Waals surface area contributed by atoms with Gasteiger partial charge >= 0.3 is 5.76 Å². The Bertz CT molecular complexity index is 772. The van der Waals surface area contributed by atoms with Crippen LogP contribution in [0.5, 0.6) is 5.75 Å². The van der Waals surface area contributed by atoms with E-state index in [1.54, 1.807) is 34.9 Å². The van der Waals surface area contributed by atoms with E-state index in [9.17, 15) is 4.79 Å². The highest BCUT2D eigenvalue weighted by Gasteiger charge is 2.07. The maximum atomic E-state index is 11.7. The van der Waals surface area contributed by atoms with Gasteiger partial charge in [-0.1, -0.05) is 12.1 Å². The van der Waals surface area contributed by atoms with Crippen molar-refractivity contribution in [3.8, 4) is 5.75 Å². The van der Waals surface area contributed by atoms with Crippen LogP contribution in [-0.4, -0.2) is 11.2 Å². The number of para-hydroxylation sites is 2. The molecule has 5 nitrogen and oxygen atoms in total. The normalized spacial score (nSPS) is 10.8. The maximum Gasteiger partial charge on any atom is 0.420 e. The van der Waals surface area contributed by atoms with E-state index >= 15 is 0 Å². The van der Waals surface area contributed by atoms with Crippen LogP contribution in [0.25, 0.3) is 11.1 Å². The van der Waals surface area contributed by atoms with Gasteiger partial charge in [0.25, 0.3) is 0 Å². The van der Waals surface area contributed by atoms with Crippen LogP contribution in [0.1, 0.15) is 0 Å². The number of benzene rings is 2. The van der Waals surface area contributed by atoms with Gasteiger partial charge in [-0.25, -0.2) is 4.79 Å². The predicted octanol–water partition coefficient (Wildman–Crippen LogP) is 2.26. The molecule has 0 amide bonds. The summed E-state index contributed by atoms with van der Waals surface area (Å²) in [6, 6.07) is 14.5. The zero-order chi connectivity index (χ0) is 13.9. The number of rotatable bonds is 4. The fraction of sp³-hybridized carbons (Fsp3) is 0.133. The number of hydrogen-bond acceptors (Lipinski definition) is 4. The Balaban J connectivity index is 1.72. The minimum Gasteiger partial charge on any atom is -0.492 e. The van der Waals surface area contributed by atoms with E-state index in [4.69, 9.17) is 14.9 Å². The molecular weight excluding hydrogens is 256 g/mol. The Morgan fingerprint density at radius 3 is 2.65 bits per heavy atom. The zero-order valence-electron chi connectivity index (χ0n) is 10.8. The summed E-state index contributed by atoms with van der Waals surface area (Å²) in [6.07, 6.45) is 0. The van der Waals surface area contributed by atoms with Gasteiger partial charge < -0.3 is 14.9 Å². The smallest absolute Gasteiger partial charge is 0.420 e. The lowest BCUT2D eigenvalue weighted by Gasteiger charge is -2.06. The number of nitrogens with zero attached hydrogens (tertiary/aromatic N) is 1. The van der Waals surface area contributed by atoms with E-state index in [0.29, 0.717) is 24.4 Å². The second kappa shape index (κ2) is 5.13. The van der Waals surface area contributed by atoms with E-state index in [0.717, 1.165) is 11.3 Å². The Morgan fingerprint density at radius 2 is 1.85 bits per heavy atom. The molecule has 2 N–H and O–H groups in total. The Hall–Kier alpha value is -2.69. The van der Waals surface area contributed by atoms with Crippen molar-refractivity contribution in [1.29, 1.82) is 0 Å². The average molecular weight is 270 g/mol. The second-order valence-corrected chi connectivity index (χ2v) is 4.40. The molecule has 0 spiro atoms. The van der Waals surface area contributed by atoms with Gasteiger partial charge in [-0.05, 0) is 36.4 Å². The average Bonchev–Trinajstić information content (AvgIpc) is 2.77. The summed E-state index contributed by atoms with van der Waals surface area (Å²) in [5, 5.41) is 0. The van der Waals surface area contributed by atoms with Crippen LogP contribution >= 0.6 is 0 Å². The van der Waals surface area contributed by atoms with Crippen molar-refractivity contribution in [3.63, 3.8) is 0 Å². The number of hydrogen-bond donors (Lipinski definition) is 1. The lowest BCUT2D eigenvalue weighted by molar-refractivity contribution is 0.294. The van der Waals surface area contributed by atoms with Crippen molar-refractivity contribution in [2.75, 3.05) is 12.3 Å². The number of aromatic nitrogens is 1. The minimum absolute atomic E-state index is 0.368. The summed E-state index contributed by atoms with van der Waals surface area (Å²) in [5.41, 5.74) is 7.65. The minimum atomic E-state index is -0.368. The third-order valence-electron chi connectivity index (χ3n) is 3.04. The van der Waals surface area contributed by atoms with E-state index in [2.05, 4.69) is 0 Å². The van der Waals surface area contributed by atoms with Gasteiger partial charge in [0.1, 0.15) is 12.4 Å². The van der Waals surface area contributed by atoms with E-state index < -0.39 is 0 Å². The third kappa shape index (κ3) is 2.38. The van der Waals surface area contributed by atoms with Crippen molar-refractivity contribution in [3.05, 3.63) is 59.1 Å². The highest BCUT2D eigenvalue weighted by Crippen LogP contribution is 2.14. The molecule has 0 aliphatic carbocycles. The van der Waals surface area contributed by atoms with Crippen molar-refractivity contribution < 1.29 is 9.15 Å². The van der Waals surface area contributed by atoms with Crippen molar-refractivity contribution in [2.45, 2.75) is 6.54 Å². The van der Waals surface area contributed by atoms with E-state index in [1.807, 2.05) is 18.2 Å². The first-order valence-electron chi connectivity index (χ1n) is 6.31. The van der Waals surface area contributed by atoms with Gasteiger partial charge in [-0.2, -0.15) is 0 Å². The van der Waals surface area contributed by atoms with Crippen molar-refractivity contribution in [1.82, 2.24) is 4.57 Å². The number of fused-ring (bicyclic) bond motifs is 1. The number of nitrogen functional groups attached to an aromatic ring is 1. The van der Waals surface area contributed by atoms with Gasteiger partial charge in [0.15, 0.2) is 5.58 Å². The molecule has 20 heavy (non-hydrogen) atoms. The molecule has 3 aromatic rings. The van der Waals surface area contributed by atoms with Gasteiger partial charge in [-0.15, -0.1) is 0 Å². The number of anilines is 1. The summed E-state index contributed by atoms with van der Waals surface area (Å²) in [7, 11) is 0. The molecule has 0 bridgehead atoms. The van der Waals surface area contributed by atoms with Gasteiger partial charge in [0, 0.05) is 5.69 Å². The zero-order valence-corrected chi connectivity index (χ0v) is 10.8. The number of ether oxygens (including phenoxy) is 1. The fourth-order valence-electron chi connectivity index (χ4n) is 2.04. The molecular formula is C15H14N2O3. The molecule has 0 saturated heterocycles. The highest BCUT2D eigenvalue weighted by atomic mass is 16.5. The van der Waals surface area contributed by atoms with Crippen molar-refractivity contribution >= 4 is 16.8 Å². The van der Waals surface area contributed by atoms with Crippen LogP contribution < -0.4 is 16.2 Å². The molecule has 0 saturated carbocycles. The third-order valence-corrected chi connectivity index (χ3v) is 3.04. The topological polar surface area (TPSA) is 70.4 Å². The molecule has 2 aromatic carbocycles. The van der Waals surface area contributed by atoms with E-state index in [1.165, 1.54) is 0 Å². The number of nitrogens with two attached hydrogens (primary N) is 1. The molecule has 5 heteroatoms. The fourth-order valence-corrected chi connectivity index (χ4v) is 2.04. The van der Waals surface area contributed by atoms with Crippen LogP contribution in [-0.2, 0) is 6.54 Å². The van der Waals surface area contributed by atoms with Gasteiger partial charge in [0.2, 0.25) is 0 Å². The van der Waals surface area contributed by atoms with Crippen molar-refractivity contribution in [2.24, 2.45) is 0 Å². The Morgan fingerprint density at radius 1 is 1.10 bits per heavy atom. The highest BCUT2D eigenvalue weighted by molar-refractivity contribution is 5.72. The van der Waals surface area contributed by atoms with Gasteiger partial charge in [0.05, 0.1) is 12.1 Å². The lowest BCUT2D eigenvalue weighted by atomic mass is 10.3. The van der Waals surface area contributed by atoms with Crippen LogP contribution in [0.4, 0.5) is 5.69 Å². The second-order valence-electron chi connectivity index (χ2n) is 4.40. The summed E-state index contributed by atoms with van der Waals surface area (Å²) in [4.78, 5) is 11.7. The summed E-state index contributed by atoms with van der Waals surface area (Å²) in [5.74, 6) is 0.354. The quantitative estimate of drug-likeness (QED) is 0.738. The first kappa shape index (κ1) is 12.3. The van der Waals surface area contributed by atoms with Crippen LogP contribution in [0.2, 0.25) is 0 Å². The lowest BCUT2D eigenvalue weighted by Crippen LogP contribution is -2.18. The summed E-state index contributed by atoms with van der Waals surface area (Å²) < 4.78 is 12.3. The van der Waals surface area contributed by atoms with Crippen LogP contribution in [0, 0.1) is 0 Å². The van der Waals surface area contributed by atoms with Gasteiger partial charge in [-0.3, -0.25) is 4.57 Å². The molecule has 1 heterocycles. The molecule has 102 valence electrons. The standard InChI is InChI=1S/C15H14N2O3/c16-11-5-7-12(8-6-11)19-10-9-17-13-3-1-2-4-14(13)20-15(17)18/h1-8H,9-10,16H2. The molecule has 0 unspecified atom stereocenters. The molecule has 3 rings (SSSR count). The van der Waals surface area contributed by atoms with E-state index in [-0.39, 0.29) is 5.76 Å².